The second-order valence-corrected chi connectivity index (χ2v) is 7.31. The fourth-order valence-electron chi connectivity index (χ4n) is 3.49. The maximum atomic E-state index is 10.3. The number of aliphatic hydroxyl groups excluding tert-OH is 1. The summed E-state index contributed by atoms with van der Waals surface area (Å²) in [5.74, 6) is 2.02. The monoisotopic (exact) mass is 346 g/mol. The van der Waals surface area contributed by atoms with Crippen LogP contribution in [-0.4, -0.2) is 73.7 Å². The topological polar surface area (TPSA) is 83.5 Å². The molecule has 0 unspecified atom stereocenters. The van der Waals surface area contributed by atoms with Crippen LogP contribution in [-0.2, 0) is 13.1 Å². The molecule has 0 spiro atoms. The smallest absolute Gasteiger partial charge is 0.230 e. The number of rotatable bonds is 8. The summed E-state index contributed by atoms with van der Waals surface area (Å²) >= 11 is 0. The van der Waals surface area contributed by atoms with E-state index in [-0.39, 0.29) is 0 Å². The SMILES string of the molecule is CN(Cc1nnc(C2CC2)o1)[C@@H]1CCN(C[C@@H](O)Cn2cccn2)C1. The third-order valence-corrected chi connectivity index (χ3v) is 5.09. The first-order valence-corrected chi connectivity index (χ1v) is 9.07. The van der Waals surface area contributed by atoms with Crippen molar-refractivity contribution in [1.82, 2.24) is 29.8 Å². The Morgan fingerprint density at radius 2 is 2.20 bits per heavy atom. The average molecular weight is 346 g/mol. The van der Waals surface area contributed by atoms with Crippen LogP contribution in [0.3, 0.4) is 0 Å². The van der Waals surface area contributed by atoms with E-state index in [0.717, 1.165) is 25.4 Å². The maximum Gasteiger partial charge on any atom is 0.230 e. The van der Waals surface area contributed by atoms with E-state index in [2.05, 4.69) is 32.1 Å². The largest absolute Gasteiger partial charge is 0.424 e. The van der Waals surface area contributed by atoms with Crippen LogP contribution in [0.4, 0.5) is 0 Å². The number of likely N-dealkylation sites (N-methyl/N-ethyl adjacent to an activating group) is 1. The lowest BCUT2D eigenvalue weighted by Gasteiger charge is -2.24. The summed E-state index contributed by atoms with van der Waals surface area (Å²) in [5, 5.41) is 22.7. The van der Waals surface area contributed by atoms with E-state index in [4.69, 9.17) is 4.42 Å². The fourth-order valence-corrected chi connectivity index (χ4v) is 3.49. The molecule has 2 aliphatic rings. The minimum absolute atomic E-state index is 0.402. The van der Waals surface area contributed by atoms with Crippen molar-refractivity contribution >= 4 is 0 Å². The quantitative estimate of drug-likeness (QED) is 0.754. The van der Waals surface area contributed by atoms with Crippen LogP contribution in [0.25, 0.3) is 0 Å². The zero-order chi connectivity index (χ0) is 17.2. The summed E-state index contributed by atoms with van der Waals surface area (Å²) in [6.45, 7) is 3.86. The third kappa shape index (κ3) is 4.26. The number of likely N-dealkylation sites (tertiary alicyclic amines) is 1. The van der Waals surface area contributed by atoms with Crippen LogP contribution >= 0.6 is 0 Å². The van der Waals surface area contributed by atoms with Crippen molar-refractivity contribution < 1.29 is 9.52 Å². The van der Waals surface area contributed by atoms with E-state index >= 15 is 0 Å². The Balaban J connectivity index is 1.23. The molecule has 8 heteroatoms. The van der Waals surface area contributed by atoms with E-state index < -0.39 is 6.10 Å². The molecule has 0 bridgehead atoms. The van der Waals surface area contributed by atoms with Crippen molar-refractivity contribution in [1.29, 1.82) is 0 Å². The van der Waals surface area contributed by atoms with Crippen molar-refractivity contribution in [2.24, 2.45) is 0 Å². The molecule has 25 heavy (non-hydrogen) atoms. The van der Waals surface area contributed by atoms with E-state index in [1.807, 2.05) is 12.3 Å². The molecule has 1 N–H and O–H groups in total. The summed E-state index contributed by atoms with van der Waals surface area (Å²) < 4.78 is 7.54. The van der Waals surface area contributed by atoms with Gasteiger partial charge in [0.05, 0.1) is 19.2 Å². The Morgan fingerprint density at radius 3 is 2.96 bits per heavy atom. The van der Waals surface area contributed by atoms with Gasteiger partial charge in [-0.25, -0.2) is 0 Å². The van der Waals surface area contributed by atoms with Crippen LogP contribution in [0.15, 0.2) is 22.9 Å². The van der Waals surface area contributed by atoms with Gasteiger partial charge in [-0.05, 0) is 38.9 Å². The molecule has 0 radical (unpaired) electrons. The van der Waals surface area contributed by atoms with Gasteiger partial charge in [0.25, 0.3) is 0 Å². The van der Waals surface area contributed by atoms with Crippen LogP contribution < -0.4 is 0 Å². The Labute approximate surface area is 147 Å². The van der Waals surface area contributed by atoms with Crippen LogP contribution in [0.2, 0.25) is 0 Å². The second-order valence-electron chi connectivity index (χ2n) is 7.31. The van der Waals surface area contributed by atoms with Gasteiger partial charge >= 0.3 is 0 Å². The summed E-state index contributed by atoms with van der Waals surface area (Å²) in [5.41, 5.74) is 0. The lowest BCUT2D eigenvalue weighted by Crippen LogP contribution is -2.37. The van der Waals surface area contributed by atoms with Gasteiger partial charge < -0.3 is 9.52 Å². The molecule has 136 valence electrons. The normalized spacial score (nSPS) is 22.8. The molecule has 2 aromatic rings. The van der Waals surface area contributed by atoms with Gasteiger partial charge in [0.2, 0.25) is 11.8 Å². The highest BCUT2D eigenvalue weighted by Gasteiger charge is 2.31. The molecule has 3 heterocycles. The Kier molecular flexibility index (Phi) is 4.82. The maximum absolute atomic E-state index is 10.3. The first-order valence-electron chi connectivity index (χ1n) is 9.07. The van der Waals surface area contributed by atoms with Crippen LogP contribution in [0.1, 0.15) is 37.0 Å². The lowest BCUT2D eigenvalue weighted by atomic mass is 10.2. The van der Waals surface area contributed by atoms with Gasteiger partial charge in [-0.15, -0.1) is 10.2 Å². The molecule has 1 aliphatic heterocycles. The highest BCUT2D eigenvalue weighted by Crippen LogP contribution is 2.39. The van der Waals surface area contributed by atoms with Crippen molar-refractivity contribution in [2.45, 2.75) is 50.4 Å². The molecule has 1 aliphatic carbocycles. The van der Waals surface area contributed by atoms with Crippen molar-refractivity contribution in [2.75, 3.05) is 26.7 Å². The van der Waals surface area contributed by atoms with E-state index in [9.17, 15) is 5.11 Å². The molecule has 0 aromatic carbocycles. The number of hydrogen-bond acceptors (Lipinski definition) is 7. The number of β-amino-alcohol motifs (C(OH)–C–C–N with tert-alkyl or cyclic N) is 1. The summed E-state index contributed by atoms with van der Waals surface area (Å²) in [4.78, 5) is 4.60. The minimum atomic E-state index is -0.402. The van der Waals surface area contributed by atoms with Gasteiger partial charge in [-0.2, -0.15) is 5.10 Å². The third-order valence-electron chi connectivity index (χ3n) is 5.09. The predicted molar refractivity (Wildman–Crippen MR) is 90.8 cm³/mol. The standard InChI is InChI=1S/C17H26N6O2/c1-21(12-16-19-20-17(25-16)13-3-4-13)14-5-8-22(9-14)10-15(24)11-23-7-2-6-18-23/h2,6-7,13-15,24H,3-5,8-12H2,1H3/t14-,15-/m1/s1. The van der Waals surface area contributed by atoms with E-state index in [0.29, 0.717) is 37.5 Å². The second kappa shape index (κ2) is 7.23. The van der Waals surface area contributed by atoms with Gasteiger partial charge in [0.1, 0.15) is 0 Å². The first-order chi connectivity index (χ1) is 12.2. The molecular formula is C17H26N6O2. The number of aromatic nitrogens is 4. The molecule has 8 nitrogen and oxygen atoms in total. The van der Waals surface area contributed by atoms with Gasteiger partial charge in [0, 0.05) is 37.4 Å². The molecule has 4 rings (SSSR count). The Bertz CT molecular complexity index is 668. The fraction of sp³-hybridized carbons (Fsp3) is 0.706. The van der Waals surface area contributed by atoms with Crippen LogP contribution in [0.5, 0.6) is 0 Å². The minimum Gasteiger partial charge on any atom is -0.424 e. The molecule has 2 aromatic heterocycles. The first kappa shape index (κ1) is 16.7. The van der Waals surface area contributed by atoms with E-state index in [1.165, 1.54) is 12.8 Å². The van der Waals surface area contributed by atoms with Crippen molar-refractivity contribution in [3.63, 3.8) is 0 Å². The number of hydrogen-bond donors (Lipinski definition) is 1. The number of aliphatic hydroxyl groups is 1. The summed E-state index contributed by atoms with van der Waals surface area (Å²) in [7, 11) is 2.11. The number of nitrogens with zero attached hydrogens (tertiary/aromatic N) is 6. The van der Waals surface area contributed by atoms with Crippen molar-refractivity contribution in [3.05, 3.63) is 30.2 Å². The molecule has 0 amide bonds. The van der Waals surface area contributed by atoms with Gasteiger partial charge in [-0.3, -0.25) is 14.5 Å². The van der Waals surface area contributed by atoms with Gasteiger partial charge in [-0.1, -0.05) is 0 Å². The molecule has 2 fully saturated rings. The highest BCUT2D eigenvalue weighted by molar-refractivity contribution is 5.00. The highest BCUT2D eigenvalue weighted by atomic mass is 16.4. The predicted octanol–water partition coefficient (Wildman–Crippen LogP) is 0.711. The van der Waals surface area contributed by atoms with Crippen LogP contribution in [0, 0.1) is 0 Å². The molecule has 2 atom stereocenters. The van der Waals surface area contributed by atoms with E-state index in [1.54, 1.807) is 10.9 Å². The molecular weight excluding hydrogens is 320 g/mol. The average Bonchev–Trinajstić information content (AvgIpc) is 3.00. The van der Waals surface area contributed by atoms with Crippen molar-refractivity contribution in [3.8, 4) is 0 Å². The summed E-state index contributed by atoms with van der Waals surface area (Å²) in [6, 6.07) is 2.33. The Morgan fingerprint density at radius 1 is 1.32 bits per heavy atom. The lowest BCUT2D eigenvalue weighted by molar-refractivity contribution is 0.101. The molecule has 1 saturated heterocycles. The van der Waals surface area contributed by atoms with Gasteiger partial charge in [0.15, 0.2) is 0 Å². The Hall–Kier alpha value is -1.77. The zero-order valence-corrected chi connectivity index (χ0v) is 14.7. The zero-order valence-electron chi connectivity index (χ0n) is 14.7. The summed E-state index contributed by atoms with van der Waals surface area (Å²) in [6.07, 6.45) is 6.66. The molecule has 1 saturated carbocycles.